The van der Waals surface area contributed by atoms with E-state index in [-0.39, 0.29) is 0 Å². The fourth-order valence-electron chi connectivity index (χ4n) is 2.43. The Hall–Kier alpha value is -1.78. The van der Waals surface area contributed by atoms with Crippen LogP contribution < -0.4 is 9.13 Å². The minimum atomic E-state index is 0.987. The van der Waals surface area contributed by atoms with Crippen LogP contribution in [0.4, 0.5) is 0 Å². The van der Waals surface area contributed by atoms with Crippen molar-refractivity contribution in [3.63, 3.8) is 0 Å². The highest BCUT2D eigenvalue weighted by molar-refractivity contribution is 5.60. The van der Waals surface area contributed by atoms with E-state index < -0.39 is 0 Å². The van der Waals surface area contributed by atoms with Gasteiger partial charge < -0.3 is 8.97 Å². The van der Waals surface area contributed by atoms with Crippen molar-refractivity contribution in [2.75, 3.05) is 55.4 Å². The zero-order valence-corrected chi connectivity index (χ0v) is 16.2. The zero-order valence-electron chi connectivity index (χ0n) is 16.2. The Morgan fingerprint density at radius 2 is 0.875 bits per heavy atom. The van der Waals surface area contributed by atoms with Gasteiger partial charge in [0.05, 0.1) is 42.3 Å². The van der Waals surface area contributed by atoms with Crippen molar-refractivity contribution in [1.82, 2.24) is 0 Å². The predicted molar refractivity (Wildman–Crippen MR) is 98.1 cm³/mol. The van der Waals surface area contributed by atoms with E-state index in [1.54, 1.807) is 0 Å². The average molecular weight is 331 g/mol. The van der Waals surface area contributed by atoms with E-state index in [9.17, 15) is 0 Å². The highest BCUT2D eigenvalue weighted by Gasteiger charge is 2.13. The number of hydrogen-bond donors (Lipinski definition) is 0. The molecule has 0 aliphatic rings. The van der Waals surface area contributed by atoms with Gasteiger partial charge in [0.2, 0.25) is 0 Å². The van der Waals surface area contributed by atoms with Gasteiger partial charge in [-0.25, -0.2) is 0 Å². The topological polar surface area (TPSA) is 7.76 Å². The summed E-state index contributed by atoms with van der Waals surface area (Å²) in [6.07, 6.45) is 8.73. The Morgan fingerprint density at radius 3 is 1.12 bits per heavy atom. The lowest BCUT2D eigenvalue weighted by atomic mass is 10.1. The first-order chi connectivity index (χ1) is 11.1. The van der Waals surface area contributed by atoms with Crippen molar-refractivity contribution in [3.8, 4) is 11.1 Å². The van der Waals surface area contributed by atoms with E-state index in [2.05, 4.69) is 100 Å². The van der Waals surface area contributed by atoms with Gasteiger partial charge in [0.1, 0.15) is 13.1 Å². The van der Waals surface area contributed by atoms with Gasteiger partial charge in [-0.05, 0) is 11.1 Å². The summed E-state index contributed by atoms with van der Waals surface area (Å²) in [6.45, 7) is 4.34. The molecule has 0 amide bonds. The van der Waals surface area contributed by atoms with Crippen LogP contribution in [0.3, 0.4) is 0 Å². The smallest absolute Gasteiger partial charge is 0.196 e. The normalized spacial score (nSPS) is 12.4. The van der Waals surface area contributed by atoms with E-state index in [0.717, 1.165) is 35.1 Å². The fourth-order valence-corrected chi connectivity index (χ4v) is 2.43. The summed E-state index contributed by atoms with van der Waals surface area (Å²) in [7, 11) is 13.4. The van der Waals surface area contributed by atoms with Crippen LogP contribution in [0, 0.1) is 0 Å². The molecule has 0 aliphatic heterocycles. The highest BCUT2D eigenvalue weighted by Crippen LogP contribution is 2.15. The summed E-state index contributed by atoms with van der Waals surface area (Å²) in [5, 5.41) is 0. The van der Waals surface area contributed by atoms with Crippen LogP contribution >= 0.6 is 0 Å². The highest BCUT2D eigenvalue weighted by atomic mass is 15.3. The maximum absolute atomic E-state index is 2.26. The molecule has 4 nitrogen and oxygen atoms in total. The summed E-state index contributed by atoms with van der Waals surface area (Å²) in [6, 6.07) is 8.84. The van der Waals surface area contributed by atoms with E-state index in [1.165, 1.54) is 11.1 Å². The van der Waals surface area contributed by atoms with Gasteiger partial charge in [-0.1, -0.05) is 0 Å². The van der Waals surface area contributed by atoms with Gasteiger partial charge in [-0.2, -0.15) is 9.13 Å². The van der Waals surface area contributed by atoms with Crippen molar-refractivity contribution < 1.29 is 18.1 Å². The summed E-state index contributed by atoms with van der Waals surface area (Å²) in [4.78, 5) is 0. The van der Waals surface area contributed by atoms with Gasteiger partial charge in [0, 0.05) is 24.3 Å². The van der Waals surface area contributed by atoms with Gasteiger partial charge in [0.15, 0.2) is 37.9 Å². The van der Waals surface area contributed by atoms with Gasteiger partial charge in [-0.3, -0.25) is 0 Å². The quantitative estimate of drug-likeness (QED) is 0.535. The molecule has 2 aromatic rings. The molecule has 2 heterocycles. The number of pyridine rings is 2. The molecule has 0 saturated heterocycles. The van der Waals surface area contributed by atoms with Crippen molar-refractivity contribution >= 4 is 0 Å². The average Bonchev–Trinajstić information content (AvgIpc) is 2.51. The number of aromatic nitrogens is 2. The van der Waals surface area contributed by atoms with Crippen LogP contribution in [0.1, 0.15) is 0 Å². The number of hydrogen-bond acceptors (Lipinski definition) is 0. The standard InChI is InChI=1S/C20H34N4/c1-23(2,3)17-15-21-11-7-19(8-12-21)20-9-13-22(14-10-20)16-18-24(4,5)6/h7-14H,15-18H2,1-6H3/q+4. The van der Waals surface area contributed by atoms with Crippen LogP contribution in [0.5, 0.6) is 0 Å². The lowest BCUT2D eigenvalue weighted by molar-refractivity contribution is -0.892. The molecule has 0 spiro atoms. The molecule has 0 aromatic carbocycles. The molecule has 0 N–H and O–H groups in total. The monoisotopic (exact) mass is 330 g/mol. The van der Waals surface area contributed by atoms with E-state index in [1.807, 2.05) is 0 Å². The summed E-state index contributed by atoms with van der Waals surface area (Å²) >= 11 is 0. The third-order valence-corrected chi connectivity index (χ3v) is 4.17. The minimum absolute atomic E-state index is 0.987. The fraction of sp³-hybridized carbons (Fsp3) is 0.500. The molecule has 4 heteroatoms. The minimum Gasteiger partial charge on any atom is -0.326 e. The molecule has 0 aliphatic carbocycles. The second-order valence-electron chi connectivity index (χ2n) is 8.68. The molecule has 2 aromatic heterocycles. The first-order valence-electron chi connectivity index (χ1n) is 8.72. The summed E-state index contributed by atoms with van der Waals surface area (Å²) < 4.78 is 6.50. The van der Waals surface area contributed by atoms with E-state index in [0.29, 0.717) is 0 Å². The third-order valence-electron chi connectivity index (χ3n) is 4.17. The third kappa shape index (κ3) is 6.38. The van der Waals surface area contributed by atoms with Crippen LogP contribution in [-0.4, -0.2) is 64.3 Å². The van der Waals surface area contributed by atoms with Crippen LogP contribution in [0.15, 0.2) is 49.1 Å². The van der Waals surface area contributed by atoms with Crippen molar-refractivity contribution in [1.29, 1.82) is 0 Å². The number of quaternary nitrogens is 2. The van der Waals surface area contributed by atoms with Gasteiger partial charge in [-0.15, -0.1) is 0 Å². The predicted octanol–water partition coefficient (Wildman–Crippen LogP) is 1.34. The molecule has 0 saturated carbocycles. The molecule has 0 radical (unpaired) electrons. The number of nitrogens with zero attached hydrogens (tertiary/aromatic N) is 4. The Bertz CT molecular complexity index is 572. The molecule has 24 heavy (non-hydrogen) atoms. The number of likely N-dealkylation sites (N-methyl/N-ethyl adjacent to an activating group) is 2. The second-order valence-corrected chi connectivity index (χ2v) is 8.68. The SMILES string of the molecule is C[N+](C)(C)CC[n+]1ccc(-c2cc[n+](CC[N+](C)(C)C)cc2)cc1. The van der Waals surface area contributed by atoms with Crippen LogP contribution in [0.25, 0.3) is 11.1 Å². The maximum Gasteiger partial charge on any atom is 0.196 e. The van der Waals surface area contributed by atoms with E-state index in [4.69, 9.17) is 0 Å². The molecule has 0 bridgehead atoms. The van der Waals surface area contributed by atoms with Crippen molar-refractivity contribution in [3.05, 3.63) is 49.1 Å². The Balaban J connectivity index is 1.99. The van der Waals surface area contributed by atoms with E-state index >= 15 is 0 Å². The second kappa shape index (κ2) is 7.41. The van der Waals surface area contributed by atoms with Gasteiger partial charge in [0.25, 0.3) is 0 Å². The Kier molecular flexibility index (Phi) is 5.73. The molecule has 0 atom stereocenters. The summed E-state index contributed by atoms with van der Waals surface area (Å²) in [5.74, 6) is 0. The largest absolute Gasteiger partial charge is 0.326 e. The first kappa shape index (κ1) is 18.6. The molecular formula is C20H34N4+4. The molecular weight excluding hydrogens is 296 g/mol. The lowest BCUT2D eigenvalue weighted by Crippen LogP contribution is -2.45. The molecule has 0 fully saturated rings. The molecule has 0 unspecified atom stereocenters. The summed E-state index contributed by atoms with van der Waals surface area (Å²) in [5.41, 5.74) is 2.55. The van der Waals surface area contributed by atoms with Gasteiger partial charge >= 0.3 is 0 Å². The van der Waals surface area contributed by atoms with Crippen LogP contribution in [0.2, 0.25) is 0 Å². The van der Waals surface area contributed by atoms with Crippen molar-refractivity contribution in [2.45, 2.75) is 13.1 Å². The zero-order chi connectivity index (χ0) is 17.8. The lowest BCUT2D eigenvalue weighted by Gasteiger charge is -2.21. The molecule has 2 rings (SSSR count). The molecule has 130 valence electrons. The Morgan fingerprint density at radius 1 is 0.583 bits per heavy atom. The van der Waals surface area contributed by atoms with Crippen molar-refractivity contribution in [2.24, 2.45) is 0 Å². The number of rotatable bonds is 7. The van der Waals surface area contributed by atoms with Crippen LogP contribution in [-0.2, 0) is 13.1 Å². The Labute approximate surface area is 147 Å². The maximum atomic E-state index is 2.26. The first-order valence-corrected chi connectivity index (χ1v) is 8.72.